The Morgan fingerprint density at radius 2 is 1.79 bits per heavy atom. The van der Waals surface area contributed by atoms with Crippen molar-refractivity contribution in [3.05, 3.63) is 71.4 Å². The molecule has 2 N–H and O–H groups in total. The van der Waals surface area contributed by atoms with E-state index in [0.29, 0.717) is 29.6 Å². The van der Waals surface area contributed by atoms with Gasteiger partial charge in [-0.05, 0) is 25.1 Å². The highest BCUT2D eigenvalue weighted by Crippen LogP contribution is 2.22. The van der Waals surface area contributed by atoms with Gasteiger partial charge in [0.15, 0.2) is 0 Å². The quantitative estimate of drug-likeness (QED) is 0.602. The molecule has 0 bridgehead atoms. The summed E-state index contributed by atoms with van der Waals surface area (Å²) in [7, 11) is 3.00. The van der Waals surface area contributed by atoms with Crippen molar-refractivity contribution in [3.8, 4) is 5.75 Å². The van der Waals surface area contributed by atoms with Crippen molar-refractivity contribution >= 4 is 23.4 Å². The average molecular weight is 378 g/mol. The van der Waals surface area contributed by atoms with Gasteiger partial charge in [0.25, 0.3) is 0 Å². The predicted molar refractivity (Wildman–Crippen MR) is 108 cm³/mol. The van der Waals surface area contributed by atoms with Crippen LogP contribution in [-0.2, 0) is 11.3 Å². The molecule has 0 radical (unpaired) electrons. The number of aromatic nitrogens is 2. The number of esters is 1. The Morgan fingerprint density at radius 3 is 2.57 bits per heavy atom. The first-order chi connectivity index (χ1) is 13.6. The number of methoxy groups -OCH3 is 2. The van der Waals surface area contributed by atoms with Gasteiger partial charge in [-0.15, -0.1) is 0 Å². The van der Waals surface area contributed by atoms with E-state index >= 15 is 0 Å². The smallest absolute Gasteiger partial charge is 0.339 e. The van der Waals surface area contributed by atoms with Crippen LogP contribution in [0.2, 0.25) is 0 Å². The second-order valence-electron chi connectivity index (χ2n) is 6.05. The van der Waals surface area contributed by atoms with Crippen molar-refractivity contribution in [2.45, 2.75) is 13.5 Å². The van der Waals surface area contributed by atoms with Crippen LogP contribution in [0.5, 0.6) is 5.75 Å². The van der Waals surface area contributed by atoms with Crippen LogP contribution in [0, 0.1) is 6.92 Å². The van der Waals surface area contributed by atoms with Crippen LogP contribution in [0.1, 0.15) is 21.6 Å². The van der Waals surface area contributed by atoms with Gasteiger partial charge >= 0.3 is 5.97 Å². The number of carbonyl (C=O) groups is 1. The van der Waals surface area contributed by atoms with Crippen molar-refractivity contribution in [2.24, 2.45) is 0 Å². The Bertz CT molecular complexity index is 975. The minimum atomic E-state index is -0.426. The molecular weight excluding hydrogens is 356 g/mol. The largest absolute Gasteiger partial charge is 0.496 e. The predicted octanol–water partition coefficient (Wildman–Crippen LogP) is 3.94. The molecule has 0 saturated carbocycles. The number of anilines is 3. The zero-order valence-electron chi connectivity index (χ0n) is 16.0. The molecular formula is C21H22N4O3. The number of hydrogen-bond acceptors (Lipinski definition) is 7. The molecule has 0 aliphatic carbocycles. The fourth-order valence-corrected chi connectivity index (χ4v) is 2.75. The number of para-hydroxylation sites is 2. The minimum absolute atomic E-state index is 0.388. The Labute approximate surface area is 163 Å². The summed E-state index contributed by atoms with van der Waals surface area (Å²) < 4.78 is 10.2. The van der Waals surface area contributed by atoms with E-state index in [4.69, 9.17) is 9.47 Å². The molecule has 3 rings (SSSR count). The maximum absolute atomic E-state index is 12.0. The topological polar surface area (TPSA) is 85.4 Å². The fraction of sp³-hybridized carbons (Fsp3) is 0.190. The Morgan fingerprint density at radius 1 is 1.04 bits per heavy atom. The van der Waals surface area contributed by atoms with Gasteiger partial charge < -0.3 is 20.1 Å². The van der Waals surface area contributed by atoms with Gasteiger partial charge in [-0.25, -0.2) is 9.78 Å². The first-order valence-corrected chi connectivity index (χ1v) is 8.76. The number of hydrogen-bond donors (Lipinski definition) is 2. The fourth-order valence-electron chi connectivity index (χ4n) is 2.75. The Balaban J connectivity index is 1.80. The lowest BCUT2D eigenvalue weighted by atomic mass is 10.2. The average Bonchev–Trinajstić information content (AvgIpc) is 2.72. The molecule has 2 aromatic carbocycles. The molecule has 0 fully saturated rings. The highest BCUT2D eigenvalue weighted by molar-refractivity contribution is 5.96. The number of benzene rings is 2. The summed E-state index contributed by atoms with van der Waals surface area (Å²) in [5.41, 5.74) is 2.80. The number of aryl methyl sites for hydroxylation is 1. The highest BCUT2D eigenvalue weighted by Gasteiger charge is 2.12. The molecule has 0 aliphatic heterocycles. The third-order valence-electron chi connectivity index (χ3n) is 4.09. The van der Waals surface area contributed by atoms with Gasteiger partial charge in [0, 0.05) is 23.9 Å². The second-order valence-corrected chi connectivity index (χ2v) is 6.05. The molecule has 0 atom stereocenters. The summed E-state index contributed by atoms with van der Waals surface area (Å²) in [6.07, 6.45) is 0. The monoisotopic (exact) mass is 378 g/mol. The molecule has 0 saturated heterocycles. The molecule has 1 aromatic heterocycles. The minimum Gasteiger partial charge on any atom is -0.496 e. The van der Waals surface area contributed by atoms with E-state index in [9.17, 15) is 4.79 Å². The zero-order valence-corrected chi connectivity index (χ0v) is 16.0. The molecule has 0 amide bonds. The van der Waals surface area contributed by atoms with Crippen LogP contribution < -0.4 is 15.4 Å². The Hall–Kier alpha value is -3.61. The SMILES string of the molecule is COC(=O)c1ccccc1Nc1nc(C)cc(NCc2ccccc2OC)n1. The number of nitrogens with zero attached hydrogens (tertiary/aromatic N) is 2. The van der Waals surface area contributed by atoms with E-state index < -0.39 is 5.97 Å². The summed E-state index contributed by atoms with van der Waals surface area (Å²) in [6.45, 7) is 2.44. The van der Waals surface area contributed by atoms with Crippen LogP contribution in [-0.4, -0.2) is 30.2 Å². The zero-order chi connectivity index (χ0) is 19.9. The van der Waals surface area contributed by atoms with Crippen molar-refractivity contribution in [2.75, 3.05) is 24.9 Å². The molecule has 3 aromatic rings. The third kappa shape index (κ3) is 4.56. The van der Waals surface area contributed by atoms with Crippen LogP contribution in [0.15, 0.2) is 54.6 Å². The molecule has 144 valence electrons. The van der Waals surface area contributed by atoms with Gasteiger partial charge in [-0.2, -0.15) is 4.98 Å². The summed E-state index contributed by atoms with van der Waals surface area (Å²) in [4.78, 5) is 20.9. The van der Waals surface area contributed by atoms with Crippen LogP contribution in [0.25, 0.3) is 0 Å². The number of ether oxygens (including phenoxy) is 2. The summed E-state index contributed by atoms with van der Waals surface area (Å²) >= 11 is 0. The first-order valence-electron chi connectivity index (χ1n) is 8.76. The molecule has 0 aliphatic rings. The van der Waals surface area contributed by atoms with E-state index in [0.717, 1.165) is 17.0 Å². The van der Waals surface area contributed by atoms with E-state index in [-0.39, 0.29) is 0 Å². The normalized spacial score (nSPS) is 10.2. The van der Waals surface area contributed by atoms with E-state index in [1.54, 1.807) is 25.3 Å². The van der Waals surface area contributed by atoms with Gasteiger partial charge in [0.2, 0.25) is 5.95 Å². The van der Waals surface area contributed by atoms with Gasteiger partial charge in [-0.1, -0.05) is 30.3 Å². The molecule has 1 heterocycles. The summed E-state index contributed by atoms with van der Waals surface area (Å²) in [5, 5.41) is 6.39. The van der Waals surface area contributed by atoms with Crippen LogP contribution in [0.3, 0.4) is 0 Å². The van der Waals surface area contributed by atoms with Crippen molar-refractivity contribution < 1.29 is 14.3 Å². The lowest BCUT2D eigenvalue weighted by Crippen LogP contribution is -2.09. The molecule has 0 unspecified atom stereocenters. The summed E-state index contributed by atoms with van der Waals surface area (Å²) in [5.74, 6) is 1.44. The molecule has 28 heavy (non-hydrogen) atoms. The summed E-state index contributed by atoms with van der Waals surface area (Å²) in [6, 6.07) is 16.7. The maximum atomic E-state index is 12.0. The lowest BCUT2D eigenvalue weighted by Gasteiger charge is -2.13. The van der Waals surface area contributed by atoms with Crippen molar-refractivity contribution in [1.29, 1.82) is 0 Å². The highest BCUT2D eigenvalue weighted by atomic mass is 16.5. The van der Waals surface area contributed by atoms with Crippen LogP contribution >= 0.6 is 0 Å². The van der Waals surface area contributed by atoms with Crippen molar-refractivity contribution in [1.82, 2.24) is 9.97 Å². The number of carbonyl (C=O) groups excluding carboxylic acids is 1. The number of nitrogens with one attached hydrogen (secondary N) is 2. The van der Waals surface area contributed by atoms with E-state index in [1.165, 1.54) is 7.11 Å². The van der Waals surface area contributed by atoms with E-state index in [2.05, 4.69) is 20.6 Å². The third-order valence-corrected chi connectivity index (χ3v) is 4.09. The molecule has 0 spiro atoms. The van der Waals surface area contributed by atoms with Crippen molar-refractivity contribution in [3.63, 3.8) is 0 Å². The van der Waals surface area contributed by atoms with E-state index in [1.807, 2.05) is 43.3 Å². The van der Waals surface area contributed by atoms with Gasteiger partial charge in [-0.3, -0.25) is 0 Å². The standard InChI is InChI=1S/C21H22N4O3/c1-14-12-19(22-13-15-8-4-7-11-18(15)27-2)25-21(23-14)24-17-10-6-5-9-16(17)20(26)28-3/h4-12H,13H2,1-3H3,(H2,22,23,24,25). The lowest BCUT2D eigenvalue weighted by molar-refractivity contribution is 0.0602. The second kappa shape index (κ2) is 8.85. The van der Waals surface area contributed by atoms with Crippen LogP contribution in [0.4, 0.5) is 17.5 Å². The molecule has 7 nitrogen and oxygen atoms in total. The van der Waals surface area contributed by atoms with Gasteiger partial charge in [0.05, 0.1) is 25.5 Å². The Kier molecular flexibility index (Phi) is 6.06. The molecule has 7 heteroatoms. The maximum Gasteiger partial charge on any atom is 0.339 e. The first kappa shape index (κ1) is 19.2. The number of rotatable bonds is 7. The van der Waals surface area contributed by atoms with Gasteiger partial charge in [0.1, 0.15) is 11.6 Å².